The second kappa shape index (κ2) is 6.05. The molecule has 2 fully saturated rings. The first-order valence-corrected chi connectivity index (χ1v) is 9.22. The molecule has 0 amide bonds. The van der Waals surface area contributed by atoms with E-state index in [1.165, 1.54) is 6.33 Å². The summed E-state index contributed by atoms with van der Waals surface area (Å²) in [6, 6.07) is 6.01. The number of alkyl halides is 3. The molecule has 0 spiro atoms. The summed E-state index contributed by atoms with van der Waals surface area (Å²) in [5, 5.41) is 7.61. The van der Waals surface area contributed by atoms with Gasteiger partial charge in [0.25, 0.3) is 0 Å². The summed E-state index contributed by atoms with van der Waals surface area (Å²) >= 11 is 6.11. The average Bonchev–Trinajstić information content (AvgIpc) is 2.94. The molecule has 142 valence electrons. The fraction of sp³-hybridized carbons (Fsp3) is 0.444. The molecule has 2 aliphatic rings. The molecule has 1 saturated heterocycles. The van der Waals surface area contributed by atoms with Gasteiger partial charge in [0.1, 0.15) is 23.9 Å². The Balaban J connectivity index is 1.52. The number of fused-ring (bicyclic) bond motifs is 4. The third-order valence-electron chi connectivity index (χ3n) is 5.63. The molecule has 9 heteroatoms. The monoisotopic (exact) mass is 395 g/mol. The van der Waals surface area contributed by atoms with Crippen LogP contribution in [0.5, 0.6) is 0 Å². The highest BCUT2D eigenvalue weighted by Gasteiger charge is 2.52. The maximum Gasteiger partial charge on any atom is 0.406 e. The van der Waals surface area contributed by atoms with Crippen molar-refractivity contribution in [3.8, 4) is 0 Å². The van der Waals surface area contributed by atoms with Crippen molar-refractivity contribution in [2.24, 2.45) is 11.8 Å². The number of aromatic nitrogens is 3. The highest BCUT2D eigenvalue weighted by molar-refractivity contribution is 6.34. The highest BCUT2D eigenvalue weighted by Crippen LogP contribution is 2.42. The van der Waals surface area contributed by atoms with Gasteiger partial charge < -0.3 is 15.2 Å². The standard InChI is InChI=1S/C18H17ClF3N5/c19-17-16-15(25-8-26-17)10-3-9(4-24-14-11-5-23-6-12(11)14)1-2-13(10)27(16)7-18(20,21)22/h1-3,8,11-12,14,23-24H,4-7H2. The molecular formula is C18H17ClF3N5. The van der Waals surface area contributed by atoms with Crippen molar-refractivity contribution in [1.29, 1.82) is 0 Å². The van der Waals surface area contributed by atoms with Crippen LogP contribution in [-0.4, -0.2) is 39.8 Å². The second-order valence-corrected chi connectivity index (χ2v) is 7.67. The molecule has 2 aromatic heterocycles. The number of halogens is 4. The Morgan fingerprint density at radius 1 is 1.22 bits per heavy atom. The molecule has 1 aromatic carbocycles. The van der Waals surface area contributed by atoms with Crippen molar-refractivity contribution in [2.75, 3.05) is 13.1 Å². The fourth-order valence-corrected chi connectivity index (χ4v) is 4.57. The van der Waals surface area contributed by atoms with Crippen LogP contribution >= 0.6 is 11.6 Å². The molecule has 1 aliphatic heterocycles. The summed E-state index contributed by atoms with van der Waals surface area (Å²) in [6.45, 7) is 1.66. The van der Waals surface area contributed by atoms with Gasteiger partial charge in [-0.2, -0.15) is 13.2 Å². The van der Waals surface area contributed by atoms with E-state index >= 15 is 0 Å². The van der Waals surface area contributed by atoms with Crippen LogP contribution in [0.3, 0.4) is 0 Å². The molecule has 1 aliphatic carbocycles. The van der Waals surface area contributed by atoms with E-state index in [9.17, 15) is 13.2 Å². The van der Waals surface area contributed by atoms with Crippen molar-refractivity contribution < 1.29 is 13.2 Å². The zero-order valence-electron chi connectivity index (χ0n) is 14.2. The topological polar surface area (TPSA) is 54.8 Å². The van der Waals surface area contributed by atoms with E-state index in [-0.39, 0.29) is 10.7 Å². The quantitative estimate of drug-likeness (QED) is 0.666. The summed E-state index contributed by atoms with van der Waals surface area (Å²) in [5.74, 6) is 1.41. The Morgan fingerprint density at radius 3 is 2.74 bits per heavy atom. The Kier molecular flexibility index (Phi) is 3.86. The minimum Gasteiger partial charge on any atom is -0.327 e. The van der Waals surface area contributed by atoms with Gasteiger partial charge in [-0.15, -0.1) is 0 Å². The van der Waals surface area contributed by atoms with E-state index in [4.69, 9.17) is 11.6 Å². The zero-order valence-corrected chi connectivity index (χ0v) is 15.0. The Hall–Kier alpha value is -1.90. The summed E-state index contributed by atoms with van der Waals surface area (Å²) in [4.78, 5) is 8.07. The molecule has 3 aromatic rings. The highest BCUT2D eigenvalue weighted by atomic mass is 35.5. The minimum atomic E-state index is -4.37. The summed E-state index contributed by atoms with van der Waals surface area (Å²) in [5.41, 5.74) is 2.14. The normalized spacial score (nSPS) is 24.7. The zero-order chi connectivity index (χ0) is 18.8. The Morgan fingerprint density at radius 2 is 2.00 bits per heavy atom. The SMILES string of the molecule is FC(F)(F)Cn1c2ccc(CNC3C4CNCC43)cc2c2ncnc(Cl)c21. The van der Waals surface area contributed by atoms with Crippen LogP contribution in [0, 0.1) is 11.8 Å². The molecular weight excluding hydrogens is 379 g/mol. The molecule has 2 unspecified atom stereocenters. The lowest BCUT2D eigenvalue weighted by atomic mass is 10.1. The number of hydrogen-bond donors (Lipinski definition) is 2. The molecule has 5 rings (SSSR count). The van der Waals surface area contributed by atoms with E-state index < -0.39 is 12.7 Å². The van der Waals surface area contributed by atoms with Crippen LogP contribution in [0.1, 0.15) is 5.56 Å². The molecule has 3 heterocycles. The van der Waals surface area contributed by atoms with Crippen molar-refractivity contribution >= 4 is 33.5 Å². The van der Waals surface area contributed by atoms with Crippen LogP contribution in [0.2, 0.25) is 5.15 Å². The van der Waals surface area contributed by atoms with Crippen LogP contribution in [-0.2, 0) is 13.1 Å². The summed E-state index contributed by atoms with van der Waals surface area (Å²) in [6.07, 6.45) is -3.08. The number of piperidine rings is 1. The molecule has 27 heavy (non-hydrogen) atoms. The maximum atomic E-state index is 13.1. The average molecular weight is 396 g/mol. The van der Waals surface area contributed by atoms with Crippen molar-refractivity contribution in [1.82, 2.24) is 25.2 Å². The minimum absolute atomic E-state index is 0.0263. The van der Waals surface area contributed by atoms with Gasteiger partial charge >= 0.3 is 6.18 Å². The fourth-order valence-electron chi connectivity index (χ4n) is 4.33. The van der Waals surface area contributed by atoms with Gasteiger partial charge in [0.05, 0.1) is 5.52 Å². The molecule has 1 saturated carbocycles. The number of benzene rings is 1. The van der Waals surface area contributed by atoms with Gasteiger partial charge in [-0.25, -0.2) is 9.97 Å². The Labute approximate surface area is 157 Å². The summed E-state index contributed by atoms with van der Waals surface area (Å²) < 4.78 is 40.4. The largest absolute Gasteiger partial charge is 0.406 e. The number of nitrogens with one attached hydrogen (secondary N) is 2. The number of nitrogens with zero attached hydrogens (tertiary/aromatic N) is 3. The van der Waals surface area contributed by atoms with Gasteiger partial charge in [0.2, 0.25) is 0 Å². The van der Waals surface area contributed by atoms with Gasteiger partial charge in [-0.05, 0) is 42.6 Å². The van der Waals surface area contributed by atoms with E-state index in [0.717, 1.165) is 23.2 Å². The van der Waals surface area contributed by atoms with Crippen LogP contribution in [0.25, 0.3) is 21.9 Å². The van der Waals surface area contributed by atoms with Crippen molar-refractivity contribution in [3.05, 3.63) is 35.2 Å². The predicted molar refractivity (Wildman–Crippen MR) is 96.6 cm³/mol. The van der Waals surface area contributed by atoms with Crippen molar-refractivity contribution in [2.45, 2.75) is 25.3 Å². The lowest BCUT2D eigenvalue weighted by Gasteiger charge is -2.11. The second-order valence-electron chi connectivity index (χ2n) is 7.31. The van der Waals surface area contributed by atoms with Crippen LogP contribution in [0.4, 0.5) is 13.2 Å². The van der Waals surface area contributed by atoms with E-state index in [1.807, 2.05) is 12.1 Å². The van der Waals surface area contributed by atoms with E-state index in [1.54, 1.807) is 6.07 Å². The lowest BCUT2D eigenvalue weighted by Crippen LogP contribution is -2.27. The molecule has 5 nitrogen and oxygen atoms in total. The molecule has 2 atom stereocenters. The predicted octanol–water partition coefficient (Wildman–Crippen LogP) is 3.11. The molecule has 0 bridgehead atoms. The Bertz CT molecular complexity index is 1020. The van der Waals surface area contributed by atoms with Gasteiger partial charge in [0, 0.05) is 18.0 Å². The van der Waals surface area contributed by atoms with Crippen molar-refractivity contribution in [3.63, 3.8) is 0 Å². The first-order chi connectivity index (χ1) is 12.9. The maximum absolute atomic E-state index is 13.1. The number of rotatable bonds is 4. The first-order valence-electron chi connectivity index (χ1n) is 8.84. The first kappa shape index (κ1) is 17.2. The van der Waals surface area contributed by atoms with Crippen LogP contribution in [0.15, 0.2) is 24.5 Å². The van der Waals surface area contributed by atoms with Crippen LogP contribution < -0.4 is 10.6 Å². The van der Waals surface area contributed by atoms with Gasteiger partial charge in [0.15, 0.2) is 5.15 Å². The van der Waals surface area contributed by atoms with Gasteiger partial charge in [-0.1, -0.05) is 17.7 Å². The molecule has 2 N–H and O–H groups in total. The number of hydrogen-bond acceptors (Lipinski definition) is 4. The van der Waals surface area contributed by atoms with E-state index in [0.29, 0.717) is 40.8 Å². The third kappa shape index (κ3) is 2.96. The molecule has 0 radical (unpaired) electrons. The van der Waals surface area contributed by atoms with E-state index in [2.05, 4.69) is 20.6 Å². The van der Waals surface area contributed by atoms with Gasteiger partial charge in [-0.3, -0.25) is 0 Å². The third-order valence-corrected chi connectivity index (χ3v) is 5.90. The summed E-state index contributed by atoms with van der Waals surface area (Å²) in [7, 11) is 0. The smallest absolute Gasteiger partial charge is 0.327 e. The lowest BCUT2D eigenvalue weighted by molar-refractivity contribution is -0.139.